The molecule has 1 aromatic rings. The average Bonchev–Trinajstić information content (AvgIpc) is 2.50. The van der Waals surface area contributed by atoms with Crippen LogP contribution in [0.15, 0.2) is 18.2 Å². The van der Waals surface area contributed by atoms with Crippen LogP contribution in [0.5, 0.6) is 0 Å². The molecule has 0 aliphatic carbocycles. The molecule has 2 atom stereocenters. The van der Waals surface area contributed by atoms with Gasteiger partial charge in [0.25, 0.3) is 0 Å². The molecule has 0 radical (unpaired) electrons. The summed E-state index contributed by atoms with van der Waals surface area (Å²) in [6.07, 6.45) is 0. The van der Waals surface area contributed by atoms with Crippen LogP contribution in [-0.2, 0) is 14.3 Å². The molecule has 2 N–H and O–H groups in total. The summed E-state index contributed by atoms with van der Waals surface area (Å²) in [5.41, 5.74) is 0.591. The summed E-state index contributed by atoms with van der Waals surface area (Å²) in [4.78, 5) is 25.6. The third-order valence-electron chi connectivity index (χ3n) is 3.65. The molecule has 6 nitrogen and oxygen atoms in total. The summed E-state index contributed by atoms with van der Waals surface area (Å²) in [5.74, 6) is -1.51. The molecule has 0 bridgehead atoms. The topological polar surface area (TPSA) is 78.9 Å². The zero-order valence-corrected chi connectivity index (χ0v) is 14.1. The van der Waals surface area contributed by atoms with E-state index in [0.717, 1.165) is 0 Å². The lowest BCUT2D eigenvalue weighted by molar-refractivity contribution is -0.142. The van der Waals surface area contributed by atoms with Gasteiger partial charge >= 0.3 is 5.97 Å². The third kappa shape index (κ3) is 4.57. The van der Waals surface area contributed by atoms with Gasteiger partial charge in [0.15, 0.2) is 0 Å². The number of amides is 1. The van der Waals surface area contributed by atoms with E-state index in [1.165, 1.54) is 6.92 Å². The molecule has 2 rings (SSSR count). The van der Waals surface area contributed by atoms with Gasteiger partial charge in [-0.05, 0) is 24.6 Å². The van der Waals surface area contributed by atoms with Crippen molar-refractivity contribution in [1.82, 2.24) is 10.2 Å². The molecule has 126 valence electrons. The van der Waals surface area contributed by atoms with E-state index in [0.29, 0.717) is 41.9 Å². The van der Waals surface area contributed by atoms with Gasteiger partial charge in [-0.1, -0.05) is 29.3 Å². The number of rotatable bonds is 5. The standard InChI is InChI=1S/C15H18Cl2N2O4/c1-9(15(21)22)18-14(20)13(19-4-6-23-7-5-19)11-3-2-10(16)8-12(11)17/h2-3,8-9,13H,4-7H2,1H3,(H,18,20)(H,21,22)/t9-,13?/m0/s1. The Morgan fingerprint density at radius 2 is 1.96 bits per heavy atom. The largest absolute Gasteiger partial charge is 0.480 e. The van der Waals surface area contributed by atoms with Crippen LogP contribution in [0.1, 0.15) is 18.5 Å². The molecule has 1 amide bonds. The lowest BCUT2D eigenvalue weighted by Gasteiger charge is -2.34. The van der Waals surface area contributed by atoms with Crippen molar-refractivity contribution in [2.24, 2.45) is 0 Å². The number of nitrogens with zero attached hydrogens (tertiary/aromatic N) is 1. The van der Waals surface area contributed by atoms with E-state index >= 15 is 0 Å². The van der Waals surface area contributed by atoms with Crippen LogP contribution < -0.4 is 5.32 Å². The Kier molecular flexibility index (Phi) is 6.24. The van der Waals surface area contributed by atoms with Crippen molar-refractivity contribution in [2.45, 2.75) is 19.0 Å². The fourth-order valence-electron chi connectivity index (χ4n) is 2.42. The molecule has 23 heavy (non-hydrogen) atoms. The van der Waals surface area contributed by atoms with Crippen LogP contribution in [-0.4, -0.2) is 54.2 Å². The highest BCUT2D eigenvalue weighted by Crippen LogP contribution is 2.30. The lowest BCUT2D eigenvalue weighted by Crippen LogP contribution is -2.49. The molecule has 0 spiro atoms. The van der Waals surface area contributed by atoms with Crippen LogP contribution in [0.3, 0.4) is 0 Å². The van der Waals surface area contributed by atoms with Crippen LogP contribution in [0, 0.1) is 0 Å². The highest BCUT2D eigenvalue weighted by atomic mass is 35.5. The molecule has 0 saturated carbocycles. The number of carbonyl (C=O) groups excluding carboxylic acids is 1. The number of nitrogens with one attached hydrogen (secondary N) is 1. The number of halogens is 2. The van der Waals surface area contributed by atoms with E-state index in [9.17, 15) is 9.59 Å². The Morgan fingerprint density at radius 3 is 2.52 bits per heavy atom. The molecular weight excluding hydrogens is 343 g/mol. The molecule has 8 heteroatoms. The highest BCUT2D eigenvalue weighted by Gasteiger charge is 2.32. The predicted molar refractivity (Wildman–Crippen MR) is 86.8 cm³/mol. The van der Waals surface area contributed by atoms with Gasteiger partial charge < -0.3 is 15.2 Å². The fraction of sp³-hybridized carbons (Fsp3) is 0.467. The first kappa shape index (κ1) is 18.0. The lowest BCUT2D eigenvalue weighted by atomic mass is 10.0. The van der Waals surface area contributed by atoms with Crippen molar-refractivity contribution in [2.75, 3.05) is 26.3 Å². The highest BCUT2D eigenvalue weighted by molar-refractivity contribution is 6.35. The second kappa shape index (κ2) is 7.97. The number of carboxylic acid groups (broad SMARTS) is 1. The molecule has 1 fully saturated rings. The number of hydrogen-bond acceptors (Lipinski definition) is 4. The summed E-state index contributed by atoms with van der Waals surface area (Å²) >= 11 is 12.2. The summed E-state index contributed by atoms with van der Waals surface area (Å²) in [7, 11) is 0. The smallest absolute Gasteiger partial charge is 0.325 e. The number of ether oxygens (including phenoxy) is 1. The van der Waals surface area contributed by atoms with Crippen molar-refractivity contribution in [3.63, 3.8) is 0 Å². The molecule has 1 aliphatic heterocycles. The van der Waals surface area contributed by atoms with Crippen LogP contribution in [0.2, 0.25) is 10.0 Å². The van der Waals surface area contributed by atoms with E-state index in [2.05, 4.69) is 5.32 Å². The van der Waals surface area contributed by atoms with Gasteiger partial charge in [-0.3, -0.25) is 14.5 Å². The number of carbonyl (C=O) groups is 2. The minimum absolute atomic E-state index is 0.368. The van der Waals surface area contributed by atoms with Gasteiger partial charge in [0.2, 0.25) is 5.91 Å². The first-order valence-corrected chi connectivity index (χ1v) is 7.95. The van der Waals surface area contributed by atoms with Gasteiger partial charge in [0, 0.05) is 23.1 Å². The molecular formula is C15H18Cl2N2O4. The van der Waals surface area contributed by atoms with E-state index in [4.69, 9.17) is 33.0 Å². The quantitative estimate of drug-likeness (QED) is 0.838. The Hall–Kier alpha value is -1.34. The maximum atomic E-state index is 12.6. The van der Waals surface area contributed by atoms with Gasteiger partial charge in [-0.15, -0.1) is 0 Å². The molecule has 1 aromatic carbocycles. The minimum atomic E-state index is -1.10. The van der Waals surface area contributed by atoms with Gasteiger partial charge in [-0.25, -0.2) is 0 Å². The molecule has 0 aromatic heterocycles. The SMILES string of the molecule is C[C@H](NC(=O)C(c1ccc(Cl)cc1Cl)N1CCOCC1)C(=O)O. The van der Waals surface area contributed by atoms with Crippen molar-refractivity contribution in [3.05, 3.63) is 33.8 Å². The van der Waals surface area contributed by atoms with E-state index in [-0.39, 0.29) is 0 Å². The zero-order valence-electron chi connectivity index (χ0n) is 12.6. The summed E-state index contributed by atoms with van der Waals surface area (Å²) < 4.78 is 5.31. The molecule has 1 unspecified atom stereocenters. The number of aliphatic carboxylic acids is 1. The minimum Gasteiger partial charge on any atom is -0.480 e. The van der Waals surface area contributed by atoms with E-state index < -0.39 is 24.0 Å². The van der Waals surface area contributed by atoms with Gasteiger partial charge in [-0.2, -0.15) is 0 Å². The van der Waals surface area contributed by atoms with Gasteiger partial charge in [0.1, 0.15) is 12.1 Å². The maximum absolute atomic E-state index is 12.6. The first-order chi connectivity index (χ1) is 10.9. The number of carboxylic acids is 1. The van der Waals surface area contributed by atoms with Crippen molar-refractivity contribution >= 4 is 35.1 Å². The fourth-order valence-corrected chi connectivity index (χ4v) is 2.93. The predicted octanol–water partition coefficient (Wildman–Crippen LogP) is 1.96. The Balaban J connectivity index is 2.30. The Bertz CT molecular complexity index is 591. The summed E-state index contributed by atoms with van der Waals surface area (Å²) in [5, 5.41) is 12.3. The summed E-state index contributed by atoms with van der Waals surface area (Å²) in [6, 6.07) is 3.24. The normalized spacial score (nSPS) is 18.2. The monoisotopic (exact) mass is 360 g/mol. The third-order valence-corrected chi connectivity index (χ3v) is 4.21. The van der Waals surface area contributed by atoms with Crippen LogP contribution in [0.4, 0.5) is 0 Å². The number of hydrogen-bond donors (Lipinski definition) is 2. The Morgan fingerprint density at radius 1 is 1.30 bits per heavy atom. The van der Waals surface area contributed by atoms with Crippen molar-refractivity contribution < 1.29 is 19.4 Å². The van der Waals surface area contributed by atoms with Crippen LogP contribution >= 0.6 is 23.2 Å². The molecule has 1 aliphatic rings. The second-order valence-electron chi connectivity index (χ2n) is 5.29. The number of benzene rings is 1. The molecule has 1 saturated heterocycles. The average molecular weight is 361 g/mol. The first-order valence-electron chi connectivity index (χ1n) is 7.20. The summed E-state index contributed by atoms with van der Waals surface area (Å²) in [6.45, 7) is 3.53. The molecule has 1 heterocycles. The second-order valence-corrected chi connectivity index (χ2v) is 6.13. The zero-order chi connectivity index (χ0) is 17.0. The van der Waals surface area contributed by atoms with Gasteiger partial charge in [0.05, 0.1) is 13.2 Å². The maximum Gasteiger partial charge on any atom is 0.325 e. The van der Waals surface area contributed by atoms with E-state index in [1.54, 1.807) is 18.2 Å². The van der Waals surface area contributed by atoms with E-state index in [1.807, 2.05) is 4.90 Å². The van der Waals surface area contributed by atoms with Crippen LogP contribution in [0.25, 0.3) is 0 Å². The van der Waals surface area contributed by atoms with Crippen molar-refractivity contribution in [3.8, 4) is 0 Å². The number of morpholine rings is 1. The Labute approximate surface area is 144 Å². The van der Waals surface area contributed by atoms with Crippen molar-refractivity contribution in [1.29, 1.82) is 0 Å².